The lowest BCUT2D eigenvalue weighted by Gasteiger charge is -1.94. The second-order valence-corrected chi connectivity index (χ2v) is 2.77. The fourth-order valence-electron chi connectivity index (χ4n) is 0.992. The van der Waals surface area contributed by atoms with Crippen LogP contribution in [0, 0.1) is 0 Å². The fraction of sp³-hybridized carbons (Fsp3) is 0.0909. The number of nitrogens with zero attached hydrogens (tertiary/aromatic N) is 1. The molecule has 0 saturated carbocycles. The Hall–Kier alpha value is -2.10. The first-order chi connectivity index (χ1) is 7.26. The van der Waals surface area contributed by atoms with E-state index < -0.39 is 5.97 Å². The van der Waals surface area contributed by atoms with Crippen molar-refractivity contribution < 1.29 is 14.7 Å². The van der Waals surface area contributed by atoms with Gasteiger partial charge in [-0.05, 0) is 17.2 Å². The van der Waals surface area contributed by atoms with Crippen molar-refractivity contribution in [2.45, 2.75) is 0 Å². The normalized spacial score (nSPS) is 11.0. The van der Waals surface area contributed by atoms with Crippen LogP contribution in [0.1, 0.15) is 11.1 Å². The summed E-state index contributed by atoms with van der Waals surface area (Å²) in [4.78, 5) is 10.8. The van der Waals surface area contributed by atoms with Crippen LogP contribution in [0.5, 0.6) is 0 Å². The molecule has 0 heterocycles. The standard InChI is InChI=1S/C11H11NO3/c1-15-11(13)7-6-9-2-4-10(5-3-9)8-12-14/h2-8,14H,1H3/b7-6+,12-8-. The smallest absolute Gasteiger partial charge is 0.330 e. The Morgan fingerprint density at radius 1 is 1.33 bits per heavy atom. The predicted molar refractivity (Wildman–Crippen MR) is 56.9 cm³/mol. The number of carbonyl (C=O) groups is 1. The summed E-state index contributed by atoms with van der Waals surface area (Å²) in [6.45, 7) is 0. The molecule has 78 valence electrons. The molecular formula is C11H11NO3. The third-order valence-electron chi connectivity index (χ3n) is 1.76. The van der Waals surface area contributed by atoms with Gasteiger partial charge in [0, 0.05) is 6.08 Å². The molecule has 0 fully saturated rings. The van der Waals surface area contributed by atoms with E-state index in [1.807, 2.05) is 0 Å². The highest BCUT2D eigenvalue weighted by atomic mass is 16.5. The first-order valence-electron chi connectivity index (χ1n) is 4.30. The summed E-state index contributed by atoms with van der Waals surface area (Å²) in [7, 11) is 1.33. The van der Waals surface area contributed by atoms with Crippen LogP contribution in [0.25, 0.3) is 6.08 Å². The molecule has 0 aliphatic heterocycles. The van der Waals surface area contributed by atoms with E-state index in [2.05, 4.69) is 9.89 Å². The SMILES string of the molecule is COC(=O)/C=C/c1ccc(/C=N\O)cc1. The van der Waals surface area contributed by atoms with Crippen LogP contribution in [0.3, 0.4) is 0 Å². The lowest BCUT2D eigenvalue weighted by molar-refractivity contribution is -0.134. The summed E-state index contributed by atoms with van der Waals surface area (Å²) >= 11 is 0. The van der Waals surface area contributed by atoms with Crippen molar-refractivity contribution in [2.24, 2.45) is 5.16 Å². The van der Waals surface area contributed by atoms with Crippen molar-refractivity contribution in [3.8, 4) is 0 Å². The van der Waals surface area contributed by atoms with Gasteiger partial charge in [-0.2, -0.15) is 0 Å². The van der Waals surface area contributed by atoms with Gasteiger partial charge in [-0.3, -0.25) is 0 Å². The average Bonchev–Trinajstić information content (AvgIpc) is 2.28. The molecule has 0 saturated heterocycles. The van der Waals surface area contributed by atoms with Crippen LogP contribution in [-0.2, 0) is 9.53 Å². The molecule has 0 atom stereocenters. The van der Waals surface area contributed by atoms with E-state index in [-0.39, 0.29) is 0 Å². The first-order valence-corrected chi connectivity index (χ1v) is 4.30. The lowest BCUT2D eigenvalue weighted by atomic mass is 10.1. The molecule has 0 aliphatic carbocycles. The fourth-order valence-corrected chi connectivity index (χ4v) is 0.992. The summed E-state index contributed by atoms with van der Waals surface area (Å²) < 4.78 is 4.45. The van der Waals surface area contributed by atoms with E-state index in [9.17, 15) is 4.79 Å². The van der Waals surface area contributed by atoms with Crippen LogP contribution < -0.4 is 0 Å². The maximum Gasteiger partial charge on any atom is 0.330 e. The molecule has 4 heteroatoms. The Kier molecular flexibility index (Phi) is 4.09. The Morgan fingerprint density at radius 2 is 1.93 bits per heavy atom. The number of rotatable bonds is 3. The molecule has 0 unspecified atom stereocenters. The van der Waals surface area contributed by atoms with Crippen molar-refractivity contribution >= 4 is 18.3 Å². The number of benzene rings is 1. The molecule has 1 rings (SSSR count). The van der Waals surface area contributed by atoms with E-state index in [4.69, 9.17) is 5.21 Å². The Morgan fingerprint density at radius 3 is 2.47 bits per heavy atom. The largest absolute Gasteiger partial charge is 0.466 e. The molecule has 0 spiro atoms. The number of carbonyl (C=O) groups excluding carboxylic acids is 1. The van der Waals surface area contributed by atoms with Gasteiger partial charge in [-0.1, -0.05) is 29.4 Å². The first kappa shape index (κ1) is 11.0. The minimum atomic E-state index is -0.393. The topological polar surface area (TPSA) is 58.9 Å². The van der Waals surface area contributed by atoms with Gasteiger partial charge in [0.15, 0.2) is 0 Å². The van der Waals surface area contributed by atoms with Crippen molar-refractivity contribution in [2.75, 3.05) is 7.11 Å². The summed E-state index contributed by atoms with van der Waals surface area (Å²) in [5, 5.41) is 11.2. The molecule has 0 radical (unpaired) electrons. The number of hydrogen-bond acceptors (Lipinski definition) is 4. The van der Waals surface area contributed by atoms with Gasteiger partial charge < -0.3 is 9.94 Å². The van der Waals surface area contributed by atoms with Crippen LogP contribution >= 0.6 is 0 Å². The maximum absolute atomic E-state index is 10.8. The van der Waals surface area contributed by atoms with Crippen LogP contribution in [-0.4, -0.2) is 24.5 Å². The monoisotopic (exact) mass is 205 g/mol. The van der Waals surface area contributed by atoms with Crippen molar-refractivity contribution in [3.05, 3.63) is 41.5 Å². The summed E-state index contributed by atoms with van der Waals surface area (Å²) in [6, 6.07) is 7.15. The van der Waals surface area contributed by atoms with E-state index in [1.165, 1.54) is 19.4 Å². The number of esters is 1. The molecule has 1 aromatic rings. The van der Waals surface area contributed by atoms with Gasteiger partial charge in [0.05, 0.1) is 13.3 Å². The maximum atomic E-state index is 10.8. The van der Waals surface area contributed by atoms with Gasteiger partial charge >= 0.3 is 5.97 Å². The highest BCUT2D eigenvalue weighted by Gasteiger charge is 1.92. The molecule has 0 aromatic heterocycles. The summed E-state index contributed by atoms with van der Waals surface area (Å²) in [5.41, 5.74) is 1.66. The number of methoxy groups -OCH3 is 1. The Labute approximate surface area is 87.5 Å². The van der Waals surface area contributed by atoms with E-state index in [0.717, 1.165) is 11.1 Å². The van der Waals surface area contributed by atoms with E-state index >= 15 is 0 Å². The number of ether oxygens (including phenoxy) is 1. The van der Waals surface area contributed by atoms with Gasteiger partial charge in [0.1, 0.15) is 0 Å². The van der Waals surface area contributed by atoms with Gasteiger partial charge in [0.25, 0.3) is 0 Å². The molecule has 1 N–H and O–H groups in total. The van der Waals surface area contributed by atoms with Crippen LogP contribution in [0.2, 0.25) is 0 Å². The molecule has 1 aromatic carbocycles. The van der Waals surface area contributed by atoms with Gasteiger partial charge in [-0.25, -0.2) is 4.79 Å². The number of hydrogen-bond donors (Lipinski definition) is 1. The van der Waals surface area contributed by atoms with Gasteiger partial charge in [-0.15, -0.1) is 0 Å². The molecule has 15 heavy (non-hydrogen) atoms. The Bertz CT molecular complexity index is 379. The van der Waals surface area contributed by atoms with E-state index in [0.29, 0.717) is 0 Å². The second kappa shape index (κ2) is 5.59. The molecular weight excluding hydrogens is 194 g/mol. The van der Waals surface area contributed by atoms with Gasteiger partial charge in [0.2, 0.25) is 0 Å². The molecule has 0 bridgehead atoms. The van der Waals surface area contributed by atoms with Crippen LogP contribution in [0.4, 0.5) is 0 Å². The molecule has 0 amide bonds. The number of oxime groups is 1. The third kappa shape index (κ3) is 3.64. The highest BCUT2D eigenvalue weighted by molar-refractivity contribution is 5.87. The van der Waals surface area contributed by atoms with Crippen molar-refractivity contribution in [3.63, 3.8) is 0 Å². The zero-order valence-corrected chi connectivity index (χ0v) is 8.25. The summed E-state index contributed by atoms with van der Waals surface area (Å²) in [5.74, 6) is -0.393. The Balaban J connectivity index is 2.72. The molecule has 0 aliphatic rings. The van der Waals surface area contributed by atoms with Crippen LogP contribution in [0.15, 0.2) is 35.5 Å². The predicted octanol–water partition coefficient (Wildman–Crippen LogP) is 1.68. The lowest BCUT2D eigenvalue weighted by Crippen LogP contribution is -1.93. The van der Waals surface area contributed by atoms with Crippen molar-refractivity contribution in [1.82, 2.24) is 0 Å². The highest BCUT2D eigenvalue weighted by Crippen LogP contribution is 2.04. The van der Waals surface area contributed by atoms with Crippen molar-refractivity contribution in [1.29, 1.82) is 0 Å². The zero-order valence-electron chi connectivity index (χ0n) is 8.25. The zero-order chi connectivity index (χ0) is 11.1. The summed E-state index contributed by atoms with van der Waals surface area (Å²) in [6.07, 6.45) is 4.31. The molecule has 4 nitrogen and oxygen atoms in total. The van der Waals surface area contributed by atoms with E-state index in [1.54, 1.807) is 30.3 Å². The quantitative estimate of drug-likeness (QED) is 0.268. The average molecular weight is 205 g/mol. The minimum Gasteiger partial charge on any atom is -0.466 e. The second-order valence-electron chi connectivity index (χ2n) is 2.77. The minimum absolute atomic E-state index is 0.393. The third-order valence-corrected chi connectivity index (χ3v) is 1.76.